The molecule has 1 unspecified atom stereocenters. The molecule has 0 aromatic heterocycles. The van der Waals surface area contributed by atoms with Gasteiger partial charge in [0.15, 0.2) is 0 Å². The molecule has 1 saturated heterocycles. The lowest BCUT2D eigenvalue weighted by Gasteiger charge is -2.16. The first-order valence-electron chi connectivity index (χ1n) is 6.69. The molecule has 1 heterocycles. The van der Waals surface area contributed by atoms with E-state index in [1.165, 1.54) is 4.90 Å². The highest BCUT2D eigenvalue weighted by Gasteiger charge is 2.39. The first kappa shape index (κ1) is 15.1. The predicted octanol–water partition coefficient (Wildman–Crippen LogP) is 3.85. The van der Waals surface area contributed by atoms with E-state index in [1.54, 1.807) is 48.5 Å². The van der Waals surface area contributed by atoms with E-state index in [9.17, 15) is 9.59 Å². The predicted molar refractivity (Wildman–Crippen MR) is 90.1 cm³/mol. The van der Waals surface area contributed by atoms with E-state index >= 15 is 0 Å². The molecule has 0 aliphatic carbocycles. The molecule has 1 N–H and O–H groups in total. The quantitative estimate of drug-likeness (QED) is 0.824. The Kier molecular flexibility index (Phi) is 4.18. The maximum Gasteiger partial charge on any atom is 0.256 e. The van der Waals surface area contributed by atoms with Crippen LogP contribution in [0.15, 0.2) is 53.0 Å². The number of hydrogen-bond acceptors (Lipinski definition) is 3. The number of halogens is 2. The van der Waals surface area contributed by atoms with Crippen LogP contribution in [0.4, 0.5) is 11.4 Å². The number of amides is 2. The van der Waals surface area contributed by atoms with E-state index in [-0.39, 0.29) is 18.2 Å². The zero-order chi connectivity index (χ0) is 15.7. The summed E-state index contributed by atoms with van der Waals surface area (Å²) in [6, 6.07) is 13.6. The van der Waals surface area contributed by atoms with Crippen LogP contribution in [0.5, 0.6) is 0 Å². The summed E-state index contributed by atoms with van der Waals surface area (Å²) in [6.07, 6.45) is 0.136. The fourth-order valence-corrected chi connectivity index (χ4v) is 2.74. The summed E-state index contributed by atoms with van der Waals surface area (Å²) in [4.78, 5) is 25.9. The lowest BCUT2D eigenvalue weighted by Crippen LogP contribution is -2.34. The number of nitrogens with zero attached hydrogens (tertiary/aromatic N) is 1. The molecule has 112 valence electrons. The Bertz CT molecular complexity index is 716. The van der Waals surface area contributed by atoms with Gasteiger partial charge in [0.1, 0.15) is 6.04 Å². The molecule has 4 nitrogen and oxygen atoms in total. The average molecular weight is 380 g/mol. The van der Waals surface area contributed by atoms with Crippen LogP contribution in [-0.2, 0) is 9.59 Å². The van der Waals surface area contributed by atoms with Crippen molar-refractivity contribution in [3.8, 4) is 0 Å². The van der Waals surface area contributed by atoms with Gasteiger partial charge in [-0.1, -0.05) is 27.5 Å². The van der Waals surface area contributed by atoms with Crippen molar-refractivity contribution >= 4 is 50.7 Å². The van der Waals surface area contributed by atoms with Crippen molar-refractivity contribution in [2.75, 3.05) is 10.2 Å². The van der Waals surface area contributed by atoms with Crippen molar-refractivity contribution in [3.05, 3.63) is 58.0 Å². The third kappa shape index (κ3) is 3.00. The van der Waals surface area contributed by atoms with E-state index in [2.05, 4.69) is 21.2 Å². The third-order valence-electron chi connectivity index (χ3n) is 3.42. The summed E-state index contributed by atoms with van der Waals surface area (Å²) < 4.78 is 0.895. The molecular weight excluding hydrogens is 368 g/mol. The zero-order valence-corrected chi connectivity index (χ0v) is 13.8. The van der Waals surface area contributed by atoms with Crippen LogP contribution in [0.2, 0.25) is 5.02 Å². The Labute approximate surface area is 141 Å². The summed E-state index contributed by atoms with van der Waals surface area (Å²) in [5, 5.41) is 3.70. The van der Waals surface area contributed by atoms with Gasteiger partial charge >= 0.3 is 0 Å². The van der Waals surface area contributed by atoms with Gasteiger partial charge in [-0.3, -0.25) is 9.59 Å². The van der Waals surface area contributed by atoms with Gasteiger partial charge in [-0.2, -0.15) is 0 Å². The fraction of sp³-hybridized carbons (Fsp3) is 0.125. The normalized spacial score (nSPS) is 17.9. The molecule has 2 aromatic carbocycles. The van der Waals surface area contributed by atoms with E-state index < -0.39 is 6.04 Å². The molecule has 2 amide bonds. The van der Waals surface area contributed by atoms with Crippen molar-refractivity contribution in [1.29, 1.82) is 0 Å². The zero-order valence-electron chi connectivity index (χ0n) is 11.4. The number of anilines is 2. The standard InChI is InChI=1S/C16H12BrClN2O2/c17-10-1-7-13(8-2-10)20-15(21)9-14(16(20)22)19-12-5-3-11(18)4-6-12/h1-8,14,19H,9H2. The van der Waals surface area contributed by atoms with Gasteiger partial charge in [0.2, 0.25) is 5.91 Å². The minimum Gasteiger partial charge on any atom is -0.373 e. The Morgan fingerprint density at radius 2 is 1.68 bits per heavy atom. The topological polar surface area (TPSA) is 49.4 Å². The Hall–Kier alpha value is -1.85. The number of rotatable bonds is 3. The summed E-state index contributed by atoms with van der Waals surface area (Å²) in [5.74, 6) is -0.457. The molecule has 1 aliphatic heterocycles. The SMILES string of the molecule is O=C1CC(Nc2ccc(Cl)cc2)C(=O)N1c1ccc(Br)cc1. The van der Waals surface area contributed by atoms with Crippen LogP contribution in [-0.4, -0.2) is 17.9 Å². The summed E-state index contributed by atoms with van der Waals surface area (Å²) in [6.45, 7) is 0. The average Bonchev–Trinajstić information content (AvgIpc) is 2.77. The number of carbonyl (C=O) groups is 2. The second kappa shape index (κ2) is 6.10. The summed E-state index contributed by atoms with van der Waals surface area (Å²) in [5.41, 5.74) is 1.34. The van der Waals surface area contributed by atoms with Gasteiger partial charge < -0.3 is 5.32 Å². The van der Waals surface area contributed by atoms with Gasteiger partial charge in [0, 0.05) is 15.2 Å². The molecule has 22 heavy (non-hydrogen) atoms. The Morgan fingerprint density at radius 1 is 1.05 bits per heavy atom. The first-order valence-corrected chi connectivity index (χ1v) is 7.86. The first-order chi connectivity index (χ1) is 10.5. The van der Waals surface area contributed by atoms with Gasteiger partial charge in [-0.05, 0) is 48.5 Å². The van der Waals surface area contributed by atoms with Gasteiger partial charge in [0.25, 0.3) is 5.91 Å². The van der Waals surface area contributed by atoms with Crippen LogP contribution in [0.25, 0.3) is 0 Å². The van der Waals surface area contributed by atoms with Crippen molar-refractivity contribution in [3.63, 3.8) is 0 Å². The van der Waals surface area contributed by atoms with Gasteiger partial charge in [-0.25, -0.2) is 4.90 Å². The second-order valence-electron chi connectivity index (χ2n) is 4.95. The van der Waals surface area contributed by atoms with Gasteiger partial charge in [-0.15, -0.1) is 0 Å². The molecule has 3 rings (SSSR count). The van der Waals surface area contributed by atoms with Crippen molar-refractivity contribution < 1.29 is 9.59 Å². The second-order valence-corrected chi connectivity index (χ2v) is 6.30. The molecule has 0 bridgehead atoms. The highest BCUT2D eigenvalue weighted by molar-refractivity contribution is 9.10. The fourth-order valence-electron chi connectivity index (χ4n) is 2.35. The molecule has 6 heteroatoms. The van der Waals surface area contributed by atoms with E-state index in [0.29, 0.717) is 10.7 Å². The lowest BCUT2D eigenvalue weighted by atomic mass is 10.2. The maximum atomic E-state index is 12.5. The highest BCUT2D eigenvalue weighted by Crippen LogP contribution is 2.26. The van der Waals surface area contributed by atoms with Gasteiger partial charge in [0.05, 0.1) is 12.1 Å². The molecular formula is C16H12BrClN2O2. The largest absolute Gasteiger partial charge is 0.373 e. The minimum atomic E-state index is -0.558. The van der Waals surface area contributed by atoms with E-state index in [1.807, 2.05) is 0 Å². The molecule has 0 radical (unpaired) electrons. The number of hydrogen-bond donors (Lipinski definition) is 1. The number of nitrogens with one attached hydrogen (secondary N) is 1. The number of imide groups is 1. The van der Waals surface area contributed by atoms with Crippen LogP contribution in [0.1, 0.15) is 6.42 Å². The molecule has 0 spiro atoms. The van der Waals surface area contributed by atoms with Crippen molar-refractivity contribution in [2.45, 2.75) is 12.5 Å². The molecule has 2 aromatic rings. The summed E-state index contributed by atoms with van der Waals surface area (Å²) >= 11 is 9.17. The molecule has 1 fully saturated rings. The maximum absolute atomic E-state index is 12.5. The molecule has 0 saturated carbocycles. The summed E-state index contributed by atoms with van der Waals surface area (Å²) in [7, 11) is 0. The van der Waals surface area contributed by atoms with E-state index in [4.69, 9.17) is 11.6 Å². The van der Waals surface area contributed by atoms with Crippen LogP contribution in [0, 0.1) is 0 Å². The van der Waals surface area contributed by atoms with Crippen molar-refractivity contribution in [2.24, 2.45) is 0 Å². The van der Waals surface area contributed by atoms with Crippen molar-refractivity contribution in [1.82, 2.24) is 0 Å². The van der Waals surface area contributed by atoms with Crippen LogP contribution >= 0.6 is 27.5 Å². The molecule has 1 aliphatic rings. The monoisotopic (exact) mass is 378 g/mol. The Morgan fingerprint density at radius 3 is 2.32 bits per heavy atom. The number of carbonyl (C=O) groups excluding carboxylic acids is 2. The molecule has 1 atom stereocenters. The number of benzene rings is 2. The van der Waals surface area contributed by atoms with Crippen LogP contribution < -0.4 is 10.2 Å². The minimum absolute atomic E-state index is 0.136. The smallest absolute Gasteiger partial charge is 0.256 e. The highest BCUT2D eigenvalue weighted by atomic mass is 79.9. The third-order valence-corrected chi connectivity index (χ3v) is 4.20. The lowest BCUT2D eigenvalue weighted by molar-refractivity contribution is -0.121. The van der Waals surface area contributed by atoms with Crippen LogP contribution in [0.3, 0.4) is 0 Å². The Balaban J connectivity index is 1.79. The van der Waals surface area contributed by atoms with E-state index in [0.717, 1.165) is 10.2 Å².